The first-order chi connectivity index (χ1) is 9.03. The highest BCUT2D eigenvalue weighted by Crippen LogP contribution is 2.20. The van der Waals surface area contributed by atoms with Crippen LogP contribution in [0.15, 0.2) is 0 Å². The number of carboxylic acids is 1. The molecule has 1 aliphatic heterocycles. The Hall–Kier alpha value is -1.19. The van der Waals surface area contributed by atoms with Crippen LogP contribution in [0.2, 0.25) is 0 Å². The fraction of sp³-hybridized carbons (Fsp3) is 0.818. The molecule has 0 radical (unpaired) electrons. The molecule has 1 heterocycles. The number of hydrogen-bond donors (Lipinski definition) is 3. The van der Waals surface area contributed by atoms with E-state index in [1.54, 1.807) is 13.8 Å². The molecule has 20 heavy (non-hydrogen) atoms. The molecule has 1 amide bonds. The number of nitrogens with one attached hydrogen (secondary N) is 1. The maximum absolute atomic E-state index is 12.2. The van der Waals surface area contributed by atoms with Gasteiger partial charge in [0.1, 0.15) is 0 Å². The molecule has 0 spiro atoms. The Morgan fingerprint density at radius 3 is 2.55 bits per heavy atom. The molecule has 0 aromatic heterocycles. The van der Waals surface area contributed by atoms with Gasteiger partial charge in [0, 0.05) is 25.0 Å². The standard InChI is InChI=1S/C11H21N3O5S/c1-11(2,6-9(12)15)13-20(18,19)14-5-3-4-8(7-14)10(16)17/h8,13H,3-7H2,1-2H3,(H2,12,15)(H,16,17). The molecular formula is C11H21N3O5S. The van der Waals surface area contributed by atoms with Gasteiger partial charge in [-0.3, -0.25) is 9.59 Å². The number of nitrogens with zero attached hydrogens (tertiary/aromatic N) is 1. The van der Waals surface area contributed by atoms with Crippen molar-refractivity contribution in [3.05, 3.63) is 0 Å². The number of primary amides is 1. The molecule has 1 aliphatic rings. The quantitative estimate of drug-likeness (QED) is 0.595. The molecular weight excluding hydrogens is 286 g/mol. The molecule has 1 saturated heterocycles. The van der Waals surface area contributed by atoms with Crippen molar-refractivity contribution < 1.29 is 23.1 Å². The highest BCUT2D eigenvalue weighted by molar-refractivity contribution is 7.87. The third-order valence-electron chi connectivity index (χ3n) is 3.09. The van der Waals surface area contributed by atoms with Crippen LogP contribution in [0.25, 0.3) is 0 Å². The summed E-state index contributed by atoms with van der Waals surface area (Å²) in [6, 6.07) is 0. The van der Waals surface area contributed by atoms with E-state index >= 15 is 0 Å². The van der Waals surface area contributed by atoms with Gasteiger partial charge in [0.2, 0.25) is 5.91 Å². The zero-order valence-electron chi connectivity index (χ0n) is 11.6. The van der Waals surface area contributed by atoms with E-state index in [2.05, 4.69) is 4.72 Å². The molecule has 8 nitrogen and oxygen atoms in total. The van der Waals surface area contributed by atoms with Crippen LogP contribution in [-0.2, 0) is 19.8 Å². The minimum Gasteiger partial charge on any atom is -0.481 e. The Balaban J connectivity index is 2.78. The fourth-order valence-electron chi connectivity index (χ4n) is 2.25. The van der Waals surface area contributed by atoms with Gasteiger partial charge in [-0.2, -0.15) is 17.4 Å². The molecule has 0 aromatic rings. The minimum absolute atomic E-state index is 0.0582. The van der Waals surface area contributed by atoms with Gasteiger partial charge < -0.3 is 10.8 Å². The van der Waals surface area contributed by atoms with Crippen LogP contribution in [0.4, 0.5) is 0 Å². The monoisotopic (exact) mass is 307 g/mol. The molecule has 1 fully saturated rings. The Labute approximate surface area is 118 Å². The highest BCUT2D eigenvalue weighted by atomic mass is 32.2. The number of hydrogen-bond acceptors (Lipinski definition) is 4. The number of carboxylic acid groups (broad SMARTS) is 1. The van der Waals surface area contributed by atoms with E-state index in [1.165, 1.54) is 0 Å². The smallest absolute Gasteiger partial charge is 0.307 e. The van der Waals surface area contributed by atoms with Gasteiger partial charge in [0.05, 0.1) is 5.92 Å². The lowest BCUT2D eigenvalue weighted by Gasteiger charge is -2.33. The van der Waals surface area contributed by atoms with Crippen molar-refractivity contribution in [3.63, 3.8) is 0 Å². The van der Waals surface area contributed by atoms with E-state index in [0.717, 1.165) is 4.31 Å². The van der Waals surface area contributed by atoms with E-state index in [1.807, 2.05) is 0 Å². The summed E-state index contributed by atoms with van der Waals surface area (Å²) < 4.78 is 27.9. The molecule has 0 bridgehead atoms. The minimum atomic E-state index is -3.84. The van der Waals surface area contributed by atoms with Crippen molar-refractivity contribution in [2.24, 2.45) is 11.7 Å². The SMILES string of the molecule is CC(C)(CC(N)=O)NS(=O)(=O)N1CCCC(C(=O)O)C1. The number of carbonyl (C=O) groups is 2. The molecule has 116 valence electrons. The van der Waals surface area contributed by atoms with Crippen molar-refractivity contribution in [1.29, 1.82) is 0 Å². The first kappa shape index (κ1) is 16.9. The average molecular weight is 307 g/mol. The molecule has 0 aliphatic carbocycles. The lowest BCUT2D eigenvalue weighted by molar-refractivity contribution is -0.142. The summed E-state index contributed by atoms with van der Waals surface area (Å²) in [5, 5.41) is 8.97. The molecule has 1 rings (SSSR count). The Morgan fingerprint density at radius 2 is 2.05 bits per heavy atom. The lowest BCUT2D eigenvalue weighted by atomic mass is 10.0. The second kappa shape index (κ2) is 6.06. The van der Waals surface area contributed by atoms with E-state index in [4.69, 9.17) is 10.8 Å². The Bertz CT molecular complexity index is 488. The Kier molecular flexibility index (Phi) is 5.11. The molecule has 0 aromatic carbocycles. The van der Waals surface area contributed by atoms with Gasteiger partial charge in [-0.15, -0.1) is 0 Å². The zero-order valence-corrected chi connectivity index (χ0v) is 12.4. The van der Waals surface area contributed by atoms with Crippen molar-refractivity contribution in [1.82, 2.24) is 9.03 Å². The van der Waals surface area contributed by atoms with Crippen LogP contribution in [0, 0.1) is 5.92 Å². The summed E-state index contributed by atoms with van der Waals surface area (Å²) in [7, 11) is -3.84. The predicted octanol–water partition coefficient (Wildman–Crippen LogP) is -0.729. The van der Waals surface area contributed by atoms with Crippen LogP contribution >= 0.6 is 0 Å². The summed E-state index contributed by atoms with van der Waals surface area (Å²) >= 11 is 0. The normalized spacial score (nSPS) is 21.6. The topological polar surface area (TPSA) is 130 Å². The predicted molar refractivity (Wildman–Crippen MR) is 71.9 cm³/mol. The second-order valence-corrected chi connectivity index (χ2v) is 7.34. The van der Waals surface area contributed by atoms with Gasteiger partial charge >= 0.3 is 5.97 Å². The number of carbonyl (C=O) groups excluding carboxylic acids is 1. The van der Waals surface area contributed by atoms with Gasteiger partial charge in [0.25, 0.3) is 10.2 Å². The van der Waals surface area contributed by atoms with E-state index < -0.39 is 33.5 Å². The number of piperidine rings is 1. The second-order valence-electron chi connectivity index (χ2n) is 5.67. The van der Waals surface area contributed by atoms with Gasteiger partial charge in [0.15, 0.2) is 0 Å². The van der Waals surface area contributed by atoms with E-state index in [0.29, 0.717) is 12.8 Å². The van der Waals surface area contributed by atoms with Crippen LogP contribution in [-0.4, -0.2) is 48.3 Å². The molecule has 0 saturated carbocycles. The van der Waals surface area contributed by atoms with Crippen LogP contribution in [0.3, 0.4) is 0 Å². The van der Waals surface area contributed by atoms with Crippen molar-refractivity contribution in [2.75, 3.05) is 13.1 Å². The molecule has 1 atom stereocenters. The van der Waals surface area contributed by atoms with Gasteiger partial charge in [-0.05, 0) is 26.7 Å². The first-order valence-corrected chi connectivity index (χ1v) is 7.78. The van der Waals surface area contributed by atoms with Crippen molar-refractivity contribution in [3.8, 4) is 0 Å². The summed E-state index contributed by atoms with van der Waals surface area (Å²) in [6.07, 6.45) is 0.822. The third-order valence-corrected chi connectivity index (χ3v) is 4.92. The average Bonchev–Trinajstić information content (AvgIpc) is 2.25. The van der Waals surface area contributed by atoms with Crippen molar-refractivity contribution in [2.45, 2.75) is 38.6 Å². The van der Waals surface area contributed by atoms with E-state index in [9.17, 15) is 18.0 Å². The maximum Gasteiger partial charge on any atom is 0.307 e. The summed E-state index contributed by atoms with van der Waals surface area (Å²) in [6.45, 7) is 3.31. The van der Waals surface area contributed by atoms with Gasteiger partial charge in [-0.1, -0.05) is 0 Å². The zero-order chi connectivity index (χ0) is 15.6. The maximum atomic E-state index is 12.2. The first-order valence-electron chi connectivity index (χ1n) is 6.34. The number of amides is 1. The third kappa shape index (κ3) is 4.73. The van der Waals surface area contributed by atoms with Crippen LogP contribution in [0.5, 0.6) is 0 Å². The number of nitrogens with two attached hydrogens (primary N) is 1. The number of rotatable bonds is 6. The van der Waals surface area contributed by atoms with Crippen LogP contribution in [0.1, 0.15) is 33.1 Å². The molecule has 4 N–H and O–H groups in total. The highest BCUT2D eigenvalue weighted by Gasteiger charge is 2.35. The molecule has 1 unspecified atom stereocenters. The Morgan fingerprint density at radius 1 is 1.45 bits per heavy atom. The summed E-state index contributed by atoms with van der Waals surface area (Å²) in [5.41, 5.74) is 4.06. The summed E-state index contributed by atoms with van der Waals surface area (Å²) in [5.74, 6) is -2.30. The van der Waals surface area contributed by atoms with Crippen LogP contribution < -0.4 is 10.5 Å². The number of aliphatic carboxylic acids is 1. The summed E-state index contributed by atoms with van der Waals surface area (Å²) in [4.78, 5) is 21.9. The van der Waals surface area contributed by atoms with Gasteiger partial charge in [-0.25, -0.2) is 0 Å². The molecule has 9 heteroatoms. The fourth-order valence-corrected chi connectivity index (χ4v) is 3.89. The lowest BCUT2D eigenvalue weighted by Crippen LogP contribution is -2.54. The largest absolute Gasteiger partial charge is 0.481 e. The van der Waals surface area contributed by atoms with E-state index in [-0.39, 0.29) is 19.5 Å². The van der Waals surface area contributed by atoms with Crippen molar-refractivity contribution >= 4 is 22.1 Å².